The molecule has 3 heteroatoms. The lowest BCUT2D eigenvalue weighted by atomic mass is 9.67. The zero-order valence-corrected chi connectivity index (χ0v) is 20.9. The van der Waals surface area contributed by atoms with Gasteiger partial charge in [-0.05, 0) is 77.4 Å². The fourth-order valence-electron chi connectivity index (χ4n) is 4.69. The lowest BCUT2D eigenvalue weighted by Crippen LogP contribution is -2.31. The maximum absolute atomic E-state index is 5.41. The van der Waals surface area contributed by atoms with Crippen molar-refractivity contribution >= 4 is 5.57 Å². The highest BCUT2D eigenvalue weighted by Gasteiger charge is 2.34. The normalized spacial score (nSPS) is 13.8. The average Bonchev–Trinajstić information content (AvgIpc) is 2.83. The van der Waals surface area contributed by atoms with Crippen LogP contribution in [0.3, 0.4) is 0 Å². The molecule has 0 radical (unpaired) electrons. The van der Waals surface area contributed by atoms with Gasteiger partial charge >= 0.3 is 0 Å². The van der Waals surface area contributed by atoms with Gasteiger partial charge in [-0.25, -0.2) is 0 Å². The van der Waals surface area contributed by atoms with E-state index in [1.807, 2.05) is 36.4 Å². The number of hydrogen-bond acceptors (Lipinski definition) is 3. The summed E-state index contributed by atoms with van der Waals surface area (Å²) in [5.74, 6) is 2.61. The Morgan fingerprint density at radius 3 is 1.45 bits per heavy atom. The third-order valence-electron chi connectivity index (χ3n) is 6.51. The van der Waals surface area contributed by atoms with Gasteiger partial charge in [0.15, 0.2) is 0 Å². The van der Waals surface area contributed by atoms with E-state index >= 15 is 0 Å². The molecule has 33 heavy (non-hydrogen) atoms. The van der Waals surface area contributed by atoms with Crippen LogP contribution in [0.15, 0.2) is 78.9 Å². The summed E-state index contributed by atoms with van der Waals surface area (Å²) >= 11 is 0. The molecular weight excluding hydrogens is 408 g/mol. The Bertz CT molecular complexity index is 1060. The Morgan fingerprint density at radius 2 is 1.03 bits per heavy atom. The van der Waals surface area contributed by atoms with Gasteiger partial charge in [0.1, 0.15) is 17.2 Å². The first-order chi connectivity index (χ1) is 15.7. The van der Waals surface area contributed by atoms with Crippen molar-refractivity contribution in [2.45, 2.75) is 44.9 Å². The molecular formula is C30H36O3. The lowest BCUT2D eigenvalue weighted by molar-refractivity contribution is 0.377. The van der Waals surface area contributed by atoms with Crippen molar-refractivity contribution in [3.63, 3.8) is 0 Å². The van der Waals surface area contributed by atoms with Crippen LogP contribution in [0.5, 0.6) is 17.2 Å². The number of allylic oxidation sites excluding steroid dienone is 2. The molecule has 3 aromatic carbocycles. The van der Waals surface area contributed by atoms with Crippen LogP contribution in [0, 0.1) is 0 Å². The second-order valence-electron chi connectivity index (χ2n) is 9.49. The fourth-order valence-corrected chi connectivity index (χ4v) is 4.69. The van der Waals surface area contributed by atoms with Crippen LogP contribution in [0.4, 0.5) is 0 Å². The van der Waals surface area contributed by atoms with Gasteiger partial charge in [0, 0.05) is 5.41 Å². The summed E-state index contributed by atoms with van der Waals surface area (Å²) in [6, 6.07) is 25.1. The highest BCUT2D eigenvalue weighted by atomic mass is 16.5. The largest absolute Gasteiger partial charge is 0.497 e. The van der Waals surface area contributed by atoms with E-state index in [-0.39, 0.29) is 10.8 Å². The second kappa shape index (κ2) is 10.2. The molecule has 0 aliphatic carbocycles. The smallest absolute Gasteiger partial charge is 0.118 e. The van der Waals surface area contributed by atoms with Crippen LogP contribution >= 0.6 is 0 Å². The molecule has 0 unspecified atom stereocenters. The molecule has 0 saturated heterocycles. The van der Waals surface area contributed by atoms with Crippen molar-refractivity contribution in [3.8, 4) is 17.2 Å². The van der Waals surface area contributed by atoms with Crippen molar-refractivity contribution in [1.82, 2.24) is 0 Å². The summed E-state index contributed by atoms with van der Waals surface area (Å²) in [6.07, 6.45) is 3.34. The first-order valence-corrected chi connectivity index (χ1v) is 11.3. The van der Waals surface area contributed by atoms with Crippen LogP contribution in [0.1, 0.15) is 50.8 Å². The fraction of sp³-hybridized carbons (Fsp3) is 0.333. The summed E-state index contributed by atoms with van der Waals surface area (Å²) in [7, 11) is 5.10. The van der Waals surface area contributed by atoms with Gasteiger partial charge in [0.25, 0.3) is 0 Å². The molecule has 0 spiro atoms. The van der Waals surface area contributed by atoms with E-state index in [2.05, 4.69) is 70.2 Å². The highest BCUT2D eigenvalue weighted by Crippen LogP contribution is 2.42. The molecule has 1 atom stereocenters. The Morgan fingerprint density at radius 1 is 0.636 bits per heavy atom. The average molecular weight is 445 g/mol. The van der Waals surface area contributed by atoms with Gasteiger partial charge in [-0.3, -0.25) is 0 Å². The van der Waals surface area contributed by atoms with E-state index in [4.69, 9.17) is 14.2 Å². The van der Waals surface area contributed by atoms with Gasteiger partial charge in [0.05, 0.1) is 21.3 Å². The summed E-state index contributed by atoms with van der Waals surface area (Å²) in [6.45, 7) is 9.14. The van der Waals surface area contributed by atoms with Gasteiger partial charge in [0.2, 0.25) is 0 Å². The summed E-state index contributed by atoms with van der Waals surface area (Å²) in [5, 5.41) is 0. The molecule has 0 amide bonds. The second-order valence-corrected chi connectivity index (χ2v) is 9.49. The minimum atomic E-state index is -0.195. The van der Waals surface area contributed by atoms with E-state index in [1.54, 1.807) is 21.3 Å². The molecule has 0 bridgehead atoms. The SMILES string of the molecule is COc1ccc(/C(C)=C\[C@@](C)(CC(C)(C)c2ccc(OC)cc2)c2ccc(OC)cc2)cc1. The molecule has 0 aromatic heterocycles. The zero-order chi connectivity index (χ0) is 24.1. The zero-order valence-electron chi connectivity index (χ0n) is 20.9. The predicted octanol–water partition coefficient (Wildman–Crippen LogP) is 7.44. The number of rotatable bonds is 9. The molecule has 0 N–H and O–H groups in total. The molecule has 3 nitrogen and oxygen atoms in total. The third-order valence-corrected chi connectivity index (χ3v) is 6.51. The van der Waals surface area contributed by atoms with Crippen LogP contribution in [-0.4, -0.2) is 21.3 Å². The molecule has 3 rings (SSSR count). The van der Waals surface area contributed by atoms with Gasteiger partial charge < -0.3 is 14.2 Å². The van der Waals surface area contributed by atoms with Crippen molar-refractivity contribution in [1.29, 1.82) is 0 Å². The molecule has 0 fully saturated rings. The first kappa shape index (κ1) is 24.4. The minimum absolute atomic E-state index is 0.0579. The van der Waals surface area contributed by atoms with Gasteiger partial charge in [-0.1, -0.05) is 63.2 Å². The van der Waals surface area contributed by atoms with Crippen molar-refractivity contribution in [2.75, 3.05) is 21.3 Å². The standard InChI is InChI=1S/C30H36O3/c1-22(23-8-14-26(31-5)15-9-23)20-30(4,25-12-18-28(33-7)19-13-25)21-29(2,3)24-10-16-27(32-6)17-11-24/h8-20H,21H2,1-7H3/b22-20-/t30-/m0/s1. The maximum Gasteiger partial charge on any atom is 0.118 e. The quantitative estimate of drug-likeness (QED) is 0.343. The number of benzene rings is 3. The number of methoxy groups -OCH3 is 3. The molecule has 3 aromatic rings. The third kappa shape index (κ3) is 5.78. The summed E-state index contributed by atoms with van der Waals surface area (Å²) in [4.78, 5) is 0. The van der Waals surface area contributed by atoms with Crippen LogP contribution in [0.2, 0.25) is 0 Å². The van der Waals surface area contributed by atoms with Crippen molar-refractivity contribution < 1.29 is 14.2 Å². The maximum atomic E-state index is 5.41. The van der Waals surface area contributed by atoms with Gasteiger partial charge in [-0.2, -0.15) is 0 Å². The van der Waals surface area contributed by atoms with Crippen LogP contribution in [-0.2, 0) is 10.8 Å². The molecule has 0 heterocycles. The van der Waals surface area contributed by atoms with E-state index in [1.165, 1.54) is 22.3 Å². The van der Waals surface area contributed by atoms with Gasteiger partial charge in [-0.15, -0.1) is 0 Å². The van der Waals surface area contributed by atoms with E-state index in [0.717, 1.165) is 23.7 Å². The van der Waals surface area contributed by atoms with E-state index in [9.17, 15) is 0 Å². The van der Waals surface area contributed by atoms with Crippen LogP contribution < -0.4 is 14.2 Å². The Balaban J connectivity index is 2.03. The lowest BCUT2D eigenvalue weighted by Gasteiger charge is -2.37. The number of hydrogen-bond donors (Lipinski definition) is 0. The first-order valence-electron chi connectivity index (χ1n) is 11.3. The monoisotopic (exact) mass is 444 g/mol. The summed E-state index contributed by atoms with van der Waals surface area (Å²) in [5.41, 5.74) is 4.73. The van der Waals surface area contributed by atoms with E-state index < -0.39 is 0 Å². The van der Waals surface area contributed by atoms with Crippen molar-refractivity contribution in [3.05, 3.63) is 95.6 Å². The number of ether oxygens (including phenoxy) is 3. The molecule has 174 valence electrons. The predicted molar refractivity (Wildman–Crippen MR) is 138 cm³/mol. The molecule has 0 aliphatic rings. The molecule has 0 saturated carbocycles. The van der Waals surface area contributed by atoms with Crippen LogP contribution in [0.25, 0.3) is 5.57 Å². The Hall–Kier alpha value is -3.20. The Labute approximate surface area is 199 Å². The topological polar surface area (TPSA) is 27.7 Å². The summed E-state index contributed by atoms with van der Waals surface area (Å²) < 4.78 is 16.1. The Kier molecular flexibility index (Phi) is 7.53. The minimum Gasteiger partial charge on any atom is -0.497 e. The van der Waals surface area contributed by atoms with E-state index in [0.29, 0.717) is 0 Å². The highest BCUT2D eigenvalue weighted by molar-refractivity contribution is 5.66. The molecule has 0 aliphatic heterocycles. The van der Waals surface area contributed by atoms with Crippen molar-refractivity contribution in [2.24, 2.45) is 0 Å².